The molecule has 10 heteroatoms. The van der Waals surface area contributed by atoms with E-state index >= 15 is 0 Å². The van der Waals surface area contributed by atoms with Crippen molar-refractivity contribution >= 4 is 52.1 Å². The summed E-state index contributed by atoms with van der Waals surface area (Å²) in [6.45, 7) is 1.41. The van der Waals surface area contributed by atoms with Crippen molar-refractivity contribution < 1.29 is 19.1 Å². The Bertz CT molecular complexity index is 1340. The van der Waals surface area contributed by atoms with E-state index in [2.05, 4.69) is 34.9 Å². The average Bonchev–Trinajstić information content (AvgIpc) is 2.99. The van der Waals surface area contributed by atoms with Gasteiger partial charge in [0.2, 0.25) is 11.8 Å². The highest BCUT2D eigenvalue weighted by Gasteiger charge is 2.22. The number of carbonyl (C=O) groups excluding carboxylic acids is 3. The molecule has 0 spiro atoms. The van der Waals surface area contributed by atoms with Crippen molar-refractivity contribution in [3.63, 3.8) is 0 Å². The van der Waals surface area contributed by atoms with E-state index in [9.17, 15) is 14.4 Å². The van der Waals surface area contributed by atoms with Gasteiger partial charge >= 0.3 is 5.97 Å². The molecule has 0 aliphatic carbocycles. The Balaban J connectivity index is 1.59. The first kappa shape index (κ1) is 32.0. The maximum absolute atomic E-state index is 13.0. The number of nitrogens with one attached hydrogen (secondary N) is 2. The number of hydrogen-bond donors (Lipinski definition) is 2. The van der Waals surface area contributed by atoms with E-state index in [4.69, 9.17) is 10.00 Å². The monoisotopic (exact) mass is 592 g/mol. The summed E-state index contributed by atoms with van der Waals surface area (Å²) in [5.74, 6) is 0.880. The van der Waals surface area contributed by atoms with E-state index in [1.807, 2.05) is 47.6 Å². The fourth-order valence-electron chi connectivity index (χ4n) is 4.30. The minimum Gasteiger partial charge on any atom is -0.467 e. The summed E-state index contributed by atoms with van der Waals surface area (Å²) >= 11 is 3.10. The van der Waals surface area contributed by atoms with E-state index in [1.54, 1.807) is 23.9 Å². The highest BCUT2D eigenvalue weighted by atomic mass is 32.2. The van der Waals surface area contributed by atoms with Crippen LogP contribution in [0.1, 0.15) is 23.1 Å². The van der Waals surface area contributed by atoms with Crippen LogP contribution in [0.25, 0.3) is 10.8 Å². The Morgan fingerprint density at radius 2 is 1.78 bits per heavy atom. The van der Waals surface area contributed by atoms with Gasteiger partial charge in [0, 0.05) is 25.4 Å². The lowest BCUT2D eigenvalue weighted by Crippen LogP contribution is -2.47. The highest BCUT2D eigenvalue weighted by molar-refractivity contribution is 7.99. The van der Waals surface area contributed by atoms with Gasteiger partial charge in [-0.15, -0.1) is 11.8 Å². The molecule has 0 aliphatic heterocycles. The lowest BCUT2D eigenvalue weighted by Gasteiger charge is -2.24. The molecule has 2 N–H and O–H groups in total. The molecule has 2 amide bonds. The number of esters is 1. The van der Waals surface area contributed by atoms with Crippen LogP contribution in [0, 0.1) is 11.3 Å². The number of hydrogen-bond acceptors (Lipinski definition) is 8. The third kappa shape index (κ3) is 10.8. The Morgan fingerprint density at radius 3 is 2.51 bits per heavy atom. The zero-order valence-electron chi connectivity index (χ0n) is 23.4. The van der Waals surface area contributed by atoms with Gasteiger partial charge in [-0.1, -0.05) is 54.6 Å². The first-order valence-corrected chi connectivity index (χ1v) is 15.9. The average molecular weight is 593 g/mol. The molecule has 1 atom stereocenters. The van der Waals surface area contributed by atoms with Crippen LogP contribution in [-0.4, -0.2) is 73.2 Å². The molecule has 3 aromatic carbocycles. The molecule has 0 saturated heterocycles. The number of carbonyl (C=O) groups is 3. The van der Waals surface area contributed by atoms with Gasteiger partial charge in [0.1, 0.15) is 6.04 Å². The lowest BCUT2D eigenvalue weighted by atomic mass is 10.0. The van der Waals surface area contributed by atoms with Crippen molar-refractivity contribution in [3.8, 4) is 6.07 Å². The Kier molecular flexibility index (Phi) is 13.5. The van der Waals surface area contributed by atoms with Gasteiger partial charge in [0.25, 0.3) is 0 Å². The summed E-state index contributed by atoms with van der Waals surface area (Å²) in [5, 5.41) is 16.9. The van der Waals surface area contributed by atoms with Crippen LogP contribution in [0.15, 0.2) is 66.7 Å². The van der Waals surface area contributed by atoms with E-state index in [0.29, 0.717) is 43.1 Å². The van der Waals surface area contributed by atoms with Crippen molar-refractivity contribution in [3.05, 3.63) is 83.4 Å². The van der Waals surface area contributed by atoms with Crippen LogP contribution in [0.3, 0.4) is 0 Å². The molecule has 8 nitrogen and oxygen atoms in total. The number of fused-ring (bicyclic) bond motifs is 1. The second-order valence-corrected chi connectivity index (χ2v) is 11.4. The number of rotatable bonds is 16. The number of thioether (sulfide) groups is 2. The molecule has 0 radical (unpaired) electrons. The van der Waals surface area contributed by atoms with Crippen LogP contribution < -0.4 is 10.6 Å². The van der Waals surface area contributed by atoms with Crippen LogP contribution >= 0.6 is 23.5 Å². The van der Waals surface area contributed by atoms with Crippen molar-refractivity contribution in [1.29, 1.82) is 5.26 Å². The van der Waals surface area contributed by atoms with Gasteiger partial charge in [-0.25, -0.2) is 4.79 Å². The summed E-state index contributed by atoms with van der Waals surface area (Å²) < 4.78 is 4.88. The second kappa shape index (κ2) is 17.3. The zero-order valence-corrected chi connectivity index (χ0v) is 25.1. The molecule has 3 aromatic rings. The first-order valence-electron chi connectivity index (χ1n) is 13.3. The summed E-state index contributed by atoms with van der Waals surface area (Å²) in [4.78, 5) is 39.7. The molecule has 0 heterocycles. The van der Waals surface area contributed by atoms with Crippen LogP contribution in [0.4, 0.5) is 0 Å². The Labute approximate surface area is 250 Å². The highest BCUT2D eigenvalue weighted by Crippen LogP contribution is 2.20. The molecular formula is C31H36N4O4S2. The normalized spacial score (nSPS) is 11.6. The summed E-state index contributed by atoms with van der Waals surface area (Å²) in [7, 11) is 1.32. The maximum atomic E-state index is 13.0. The minimum atomic E-state index is -0.702. The quantitative estimate of drug-likeness (QED) is 0.241. The maximum Gasteiger partial charge on any atom is 0.328 e. The molecule has 0 saturated carbocycles. The molecule has 216 valence electrons. The van der Waals surface area contributed by atoms with Crippen LogP contribution in [-0.2, 0) is 31.4 Å². The number of nitriles is 1. The van der Waals surface area contributed by atoms with Gasteiger partial charge in [0.15, 0.2) is 0 Å². The number of ether oxygens (including phenoxy) is 1. The molecule has 0 bridgehead atoms. The van der Waals surface area contributed by atoms with E-state index in [-0.39, 0.29) is 18.4 Å². The standard InChI is InChI=1S/C31H36N4O4S2/c1-39-31(38)28(14-17-40-2)34-29(36)20-35(19-26-8-5-7-25-6-3-4-9-27(25)26)16-15-33-30(37)22-41-21-24-12-10-23(18-32)11-13-24/h3-13,28H,14-17,19-22H2,1-2H3,(H,33,37)(H,34,36)/t28-/m0/s1. The topological polar surface area (TPSA) is 112 Å². The number of benzene rings is 3. The largest absolute Gasteiger partial charge is 0.467 e. The smallest absolute Gasteiger partial charge is 0.328 e. The Morgan fingerprint density at radius 1 is 1.02 bits per heavy atom. The van der Waals surface area contributed by atoms with Gasteiger partial charge in [0.05, 0.1) is 31.0 Å². The number of methoxy groups -OCH3 is 1. The zero-order chi connectivity index (χ0) is 29.5. The van der Waals surface area contributed by atoms with Crippen molar-refractivity contribution in [2.24, 2.45) is 0 Å². The van der Waals surface area contributed by atoms with Gasteiger partial charge in [-0.2, -0.15) is 17.0 Å². The van der Waals surface area contributed by atoms with Crippen LogP contribution in [0.5, 0.6) is 0 Å². The van der Waals surface area contributed by atoms with Crippen molar-refractivity contribution in [2.45, 2.75) is 24.8 Å². The molecule has 0 unspecified atom stereocenters. The van der Waals surface area contributed by atoms with Gasteiger partial charge in [-0.3, -0.25) is 14.5 Å². The molecular weight excluding hydrogens is 556 g/mol. The van der Waals surface area contributed by atoms with Crippen LogP contribution in [0.2, 0.25) is 0 Å². The lowest BCUT2D eigenvalue weighted by molar-refractivity contribution is -0.145. The predicted molar refractivity (Wildman–Crippen MR) is 166 cm³/mol. The summed E-state index contributed by atoms with van der Waals surface area (Å²) in [6, 6.07) is 22.9. The first-order chi connectivity index (χ1) is 19.9. The number of nitrogens with zero attached hydrogens (tertiary/aromatic N) is 2. The third-order valence-corrected chi connectivity index (χ3v) is 8.06. The SMILES string of the molecule is COC(=O)[C@H](CCSC)NC(=O)CN(CCNC(=O)CSCc1ccc(C#N)cc1)Cc1cccc2ccccc12. The summed E-state index contributed by atoms with van der Waals surface area (Å²) in [6.07, 6.45) is 2.43. The molecule has 3 rings (SSSR count). The summed E-state index contributed by atoms with van der Waals surface area (Å²) in [5.41, 5.74) is 2.74. The van der Waals surface area contributed by atoms with E-state index < -0.39 is 12.0 Å². The fraction of sp³-hybridized carbons (Fsp3) is 0.355. The van der Waals surface area contributed by atoms with Crippen molar-refractivity contribution in [1.82, 2.24) is 15.5 Å². The predicted octanol–water partition coefficient (Wildman–Crippen LogP) is 3.97. The second-order valence-electron chi connectivity index (χ2n) is 9.43. The molecule has 0 fully saturated rings. The molecule has 0 aliphatic rings. The van der Waals surface area contributed by atoms with E-state index in [0.717, 1.165) is 27.7 Å². The van der Waals surface area contributed by atoms with Crippen molar-refractivity contribution in [2.75, 3.05) is 44.5 Å². The molecule has 41 heavy (non-hydrogen) atoms. The number of amides is 2. The minimum absolute atomic E-state index is 0.0687. The third-order valence-electron chi connectivity index (χ3n) is 6.41. The molecule has 0 aromatic heterocycles. The van der Waals surface area contributed by atoms with Gasteiger partial charge < -0.3 is 15.4 Å². The van der Waals surface area contributed by atoms with E-state index in [1.165, 1.54) is 18.9 Å². The Hall–Kier alpha value is -3.52. The van der Waals surface area contributed by atoms with Gasteiger partial charge in [-0.05, 0) is 52.5 Å². The fourth-order valence-corrected chi connectivity index (χ4v) is 5.59.